The van der Waals surface area contributed by atoms with E-state index >= 15 is 0 Å². The second-order valence-corrected chi connectivity index (χ2v) is 8.29. The summed E-state index contributed by atoms with van der Waals surface area (Å²) in [5.74, 6) is 0.831. The fourth-order valence-corrected chi connectivity index (χ4v) is 4.73. The van der Waals surface area contributed by atoms with Gasteiger partial charge in [0, 0.05) is 16.8 Å². The fourth-order valence-electron chi connectivity index (χ4n) is 2.43. The lowest BCUT2D eigenvalue weighted by molar-refractivity contribution is 0.150. The molecule has 132 valence electrons. The monoisotopic (exact) mass is 452 g/mol. The number of halogens is 3. The van der Waals surface area contributed by atoms with Gasteiger partial charge in [0.1, 0.15) is 5.69 Å². The number of imidazole rings is 1. The maximum Gasteiger partial charge on any atom is 0.291 e. The van der Waals surface area contributed by atoms with Gasteiger partial charge in [-0.1, -0.05) is 41.7 Å². The van der Waals surface area contributed by atoms with Crippen LogP contribution in [0.2, 0.25) is 0 Å². The second-order valence-electron chi connectivity index (χ2n) is 5.38. The minimum atomic E-state index is -2.62. The van der Waals surface area contributed by atoms with Gasteiger partial charge in [-0.3, -0.25) is 4.40 Å². The van der Waals surface area contributed by atoms with Crippen LogP contribution in [0.4, 0.5) is 8.78 Å². The minimum Gasteiger partial charge on any atom is -0.295 e. The Morgan fingerprint density at radius 2 is 2.00 bits per heavy atom. The van der Waals surface area contributed by atoms with Crippen molar-refractivity contribution in [2.45, 2.75) is 17.1 Å². The Bertz CT molecular complexity index is 1050. The van der Waals surface area contributed by atoms with Crippen LogP contribution in [-0.4, -0.2) is 19.6 Å². The third-order valence-corrected chi connectivity index (χ3v) is 6.20. The SMILES string of the molecule is FC(F)c1nnc(-c2cnc3c(Br)cc(SCc4ccccc4)cn23)s1. The quantitative estimate of drug-likeness (QED) is 0.356. The maximum atomic E-state index is 12.8. The van der Waals surface area contributed by atoms with Gasteiger partial charge in [0.2, 0.25) is 0 Å². The summed E-state index contributed by atoms with van der Waals surface area (Å²) < 4.78 is 28.3. The second kappa shape index (κ2) is 7.42. The Hall–Kier alpha value is -1.84. The molecule has 3 heterocycles. The highest BCUT2D eigenvalue weighted by Gasteiger charge is 2.18. The van der Waals surface area contributed by atoms with Crippen molar-refractivity contribution in [3.63, 3.8) is 0 Å². The average molecular weight is 453 g/mol. The number of alkyl halides is 2. The number of aromatic nitrogens is 4. The number of rotatable bonds is 5. The zero-order chi connectivity index (χ0) is 18.1. The molecule has 0 aliphatic carbocycles. The molecule has 26 heavy (non-hydrogen) atoms. The number of hydrogen-bond donors (Lipinski definition) is 0. The molecule has 1 aromatic carbocycles. The standard InChI is InChI=1S/C17H11BrF2N4S2/c18-12-6-11(25-9-10-4-2-1-3-5-10)8-24-13(7-21-15(12)24)16-22-23-17(26-16)14(19)20/h1-8,14H,9H2. The summed E-state index contributed by atoms with van der Waals surface area (Å²) in [6.07, 6.45) is 0.949. The third-order valence-electron chi connectivity index (χ3n) is 3.63. The van der Waals surface area contributed by atoms with Gasteiger partial charge in [0.15, 0.2) is 15.7 Å². The molecule has 9 heteroatoms. The van der Waals surface area contributed by atoms with Crippen LogP contribution >= 0.6 is 39.0 Å². The summed E-state index contributed by atoms with van der Waals surface area (Å²) in [5, 5.41) is 7.58. The van der Waals surface area contributed by atoms with E-state index < -0.39 is 6.43 Å². The molecule has 0 saturated carbocycles. The molecule has 4 rings (SSSR count). The van der Waals surface area contributed by atoms with E-state index in [1.165, 1.54) is 5.56 Å². The van der Waals surface area contributed by atoms with Crippen molar-refractivity contribution < 1.29 is 8.78 Å². The van der Waals surface area contributed by atoms with E-state index in [9.17, 15) is 8.78 Å². The predicted molar refractivity (Wildman–Crippen MR) is 103 cm³/mol. The Morgan fingerprint density at radius 1 is 1.19 bits per heavy atom. The molecule has 0 bridgehead atoms. The molecular weight excluding hydrogens is 442 g/mol. The molecule has 4 aromatic rings. The molecule has 0 fully saturated rings. The average Bonchev–Trinajstić information content (AvgIpc) is 3.28. The first-order valence-electron chi connectivity index (χ1n) is 7.57. The minimum absolute atomic E-state index is 0.288. The van der Waals surface area contributed by atoms with Gasteiger partial charge in [0.25, 0.3) is 6.43 Å². The van der Waals surface area contributed by atoms with E-state index in [1.807, 2.05) is 34.9 Å². The molecule has 0 unspecified atom stereocenters. The van der Waals surface area contributed by atoms with Gasteiger partial charge in [-0.15, -0.1) is 22.0 Å². The third kappa shape index (κ3) is 3.51. The highest BCUT2D eigenvalue weighted by atomic mass is 79.9. The summed E-state index contributed by atoms with van der Waals surface area (Å²) >= 11 is 6.11. The Kier molecular flexibility index (Phi) is 5.01. The van der Waals surface area contributed by atoms with Crippen LogP contribution in [-0.2, 0) is 5.75 Å². The van der Waals surface area contributed by atoms with Gasteiger partial charge in [-0.2, -0.15) is 0 Å². The van der Waals surface area contributed by atoms with Gasteiger partial charge < -0.3 is 0 Å². The lowest BCUT2D eigenvalue weighted by atomic mass is 10.2. The highest BCUT2D eigenvalue weighted by Crippen LogP contribution is 2.33. The van der Waals surface area contributed by atoms with E-state index in [0.717, 1.165) is 26.5 Å². The first-order chi connectivity index (χ1) is 12.6. The molecule has 0 atom stereocenters. The van der Waals surface area contributed by atoms with Gasteiger partial charge in [-0.05, 0) is 27.6 Å². The Balaban J connectivity index is 1.68. The van der Waals surface area contributed by atoms with Crippen LogP contribution < -0.4 is 0 Å². The lowest BCUT2D eigenvalue weighted by Gasteiger charge is -2.06. The largest absolute Gasteiger partial charge is 0.295 e. The Morgan fingerprint density at radius 3 is 2.73 bits per heavy atom. The van der Waals surface area contributed by atoms with E-state index in [4.69, 9.17) is 0 Å². The molecule has 0 amide bonds. The smallest absolute Gasteiger partial charge is 0.291 e. The molecule has 0 saturated heterocycles. The molecule has 0 aliphatic rings. The normalized spacial score (nSPS) is 11.5. The van der Waals surface area contributed by atoms with Gasteiger partial charge in [-0.25, -0.2) is 13.8 Å². The van der Waals surface area contributed by atoms with Crippen LogP contribution in [0.5, 0.6) is 0 Å². The number of thioether (sulfide) groups is 1. The summed E-state index contributed by atoms with van der Waals surface area (Å²) in [6.45, 7) is 0. The Labute approximate surface area is 164 Å². The van der Waals surface area contributed by atoms with Crippen molar-refractivity contribution in [2.24, 2.45) is 0 Å². The van der Waals surface area contributed by atoms with Crippen LogP contribution in [0, 0.1) is 0 Å². The number of fused-ring (bicyclic) bond motifs is 1. The summed E-state index contributed by atoms with van der Waals surface area (Å²) in [4.78, 5) is 5.40. The van der Waals surface area contributed by atoms with Crippen LogP contribution in [0.25, 0.3) is 16.3 Å². The van der Waals surface area contributed by atoms with Gasteiger partial charge >= 0.3 is 0 Å². The topological polar surface area (TPSA) is 43.1 Å². The lowest BCUT2D eigenvalue weighted by Crippen LogP contribution is -1.91. The van der Waals surface area contributed by atoms with Crippen molar-refractivity contribution >= 4 is 44.7 Å². The predicted octanol–water partition coefficient (Wildman–Crippen LogP) is 5.85. The van der Waals surface area contributed by atoms with Crippen molar-refractivity contribution in [3.05, 3.63) is 63.8 Å². The number of hydrogen-bond acceptors (Lipinski definition) is 5. The zero-order valence-electron chi connectivity index (χ0n) is 13.1. The van der Waals surface area contributed by atoms with Crippen molar-refractivity contribution in [3.8, 4) is 10.7 Å². The van der Waals surface area contributed by atoms with Crippen molar-refractivity contribution in [1.29, 1.82) is 0 Å². The molecule has 4 nitrogen and oxygen atoms in total. The molecule has 0 radical (unpaired) electrons. The van der Waals surface area contributed by atoms with E-state index in [-0.39, 0.29) is 5.01 Å². The van der Waals surface area contributed by atoms with Gasteiger partial charge in [0.05, 0.1) is 10.7 Å². The fraction of sp³-hybridized carbons (Fsp3) is 0.118. The number of benzene rings is 1. The molecule has 0 spiro atoms. The van der Waals surface area contributed by atoms with E-state index in [2.05, 4.69) is 43.2 Å². The zero-order valence-corrected chi connectivity index (χ0v) is 16.4. The van der Waals surface area contributed by atoms with Crippen LogP contribution in [0.15, 0.2) is 58.2 Å². The first kappa shape index (κ1) is 17.6. The maximum absolute atomic E-state index is 12.8. The van der Waals surface area contributed by atoms with Crippen molar-refractivity contribution in [1.82, 2.24) is 19.6 Å². The molecular formula is C17H11BrF2N4S2. The summed E-state index contributed by atoms with van der Waals surface area (Å²) in [5.41, 5.74) is 2.58. The van der Waals surface area contributed by atoms with Crippen LogP contribution in [0.1, 0.15) is 17.0 Å². The van der Waals surface area contributed by atoms with E-state index in [0.29, 0.717) is 16.3 Å². The molecule has 0 N–H and O–H groups in total. The highest BCUT2D eigenvalue weighted by molar-refractivity contribution is 9.10. The summed E-state index contributed by atoms with van der Waals surface area (Å²) in [6, 6.07) is 12.2. The summed E-state index contributed by atoms with van der Waals surface area (Å²) in [7, 11) is 0. The van der Waals surface area contributed by atoms with E-state index in [1.54, 1.807) is 18.0 Å². The first-order valence-corrected chi connectivity index (χ1v) is 10.2. The number of pyridine rings is 1. The molecule has 3 aromatic heterocycles. The number of nitrogens with zero attached hydrogens (tertiary/aromatic N) is 4. The molecule has 0 aliphatic heterocycles. The van der Waals surface area contributed by atoms with Crippen molar-refractivity contribution in [2.75, 3.05) is 0 Å². The van der Waals surface area contributed by atoms with Crippen LogP contribution in [0.3, 0.4) is 0 Å².